The van der Waals surface area contributed by atoms with Crippen molar-refractivity contribution in [2.75, 3.05) is 0 Å². The maximum atomic E-state index is 10.1. The van der Waals surface area contributed by atoms with Gasteiger partial charge in [-0.1, -0.05) is 44.6 Å². The molecular formula is C24H38O. The Morgan fingerprint density at radius 3 is 2.72 bits per heavy atom. The van der Waals surface area contributed by atoms with Crippen molar-refractivity contribution in [1.29, 1.82) is 0 Å². The third-order valence-electron chi connectivity index (χ3n) is 9.10. The molecule has 0 aromatic rings. The second-order valence-corrected chi connectivity index (χ2v) is 10.1. The smallest absolute Gasteiger partial charge is 0.0577 e. The lowest BCUT2D eigenvalue weighted by atomic mass is 9.47. The fraction of sp³-hybridized carbons (Fsp3) is 0.833. The van der Waals surface area contributed by atoms with Gasteiger partial charge in [0.25, 0.3) is 0 Å². The minimum Gasteiger partial charge on any atom is -0.393 e. The zero-order chi connectivity index (χ0) is 17.7. The number of hydrogen-bond donors (Lipinski definition) is 1. The van der Waals surface area contributed by atoms with Crippen LogP contribution in [0.4, 0.5) is 0 Å². The highest BCUT2D eigenvalue weighted by atomic mass is 16.3. The number of fused-ring (bicyclic) bond motifs is 5. The third-order valence-corrected chi connectivity index (χ3v) is 9.10. The molecule has 4 aliphatic carbocycles. The average Bonchev–Trinajstić information content (AvgIpc) is 2.92. The quantitative estimate of drug-likeness (QED) is 0.598. The van der Waals surface area contributed by atoms with Crippen LogP contribution in [0.1, 0.15) is 85.0 Å². The Morgan fingerprint density at radius 1 is 1.08 bits per heavy atom. The summed E-state index contributed by atoms with van der Waals surface area (Å²) in [6.07, 6.45) is 20.1. The maximum absolute atomic E-state index is 10.1. The van der Waals surface area contributed by atoms with Crippen LogP contribution in [0.25, 0.3) is 0 Å². The first-order valence-corrected chi connectivity index (χ1v) is 11.0. The normalized spacial score (nSPS) is 49.4. The lowest BCUT2D eigenvalue weighted by Crippen LogP contribution is -2.50. The molecule has 0 bridgehead atoms. The van der Waals surface area contributed by atoms with E-state index < -0.39 is 0 Å². The summed E-state index contributed by atoms with van der Waals surface area (Å²) in [5.41, 5.74) is 2.58. The van der Waals surface area contributed by atoms with Gasteiger partial charge in [0.1, 0.15) is 0 Å². The molecule has 0 aromatic heterocycles. The fourth-order valence-corrected chi connectivity index (χ4v) is 7.56. The van der Waals surface area contributed by atoms with Crippen molar-refractivity contribution in [2.24, 2.45) is 34.5 Å². The van der Waals surface area contributed by atoms with E-state index in [2.05, 4.69) is 39.0 Å². The van der Waals surface area contributed by atoms with E-state index in [0.29, 0.717) is 10.8 Å². The summed E-state index contributed by atoms with van der Waals surface area (Å²) in [5.74, 6) is 3.63. The van der Waals surface area contributed by atoms with Crippen LogP contribution in [0.3, 0.4) is 0 Å². The molecule has 1 nitrogen and oxygen atoms in total. The van der Waals surface area contributed by atoms with Crippen molar-refractivity contribution in [1.82, 2.24) is 0 Å². The lowest BCUT2D eigenvalue weighted by molar-refractivity contribution is -0.0492. The van der Waals surface area contributed by atoms with Gasteiger partial charge in [0.15, 0.2) is 0 Å². The zero-order valence-corrected chi connectivity index (χ0v) is 16.6. The lowest BCUT2D eigenvalue weighted by Gasteiger charge is -2.58. The van der Waals surface area contributed by atoms with E-state index in [4.69, 9.17) is 0 Å². The van der Waals surface area contributed by atoms with E-state index in [1.165, 1.54) is 51.4 Å². The number of allylic oxidation sites excluding steroid dienone is 3. The largest absolute Gasteiger partial charge is 0.393 e. The molecular weight excluding hydrogens is 304 g/mol. The first kappa shape index (κ1) is 17.8. The monoisotopic (exact) mass is 342 g/mol. The molecule has 0 aliphatic heterocycles. The Hall–Kier alpha value is -0.560. The van der Waals surface area contributed by atoms with Gasteiger partial charge in [-0.05, 0) is 98.7 Å². The molecule has 0 amide bonds. The first-order chi connectivity index (χ1) is 12.0. The topological polar surface area (TPSA) is 20.2 Å². The Morgan fingerprint density at radius 2 is 1.92 bits per heavy atom. The van der Waals surface area contributed by atoms with Gasteiger partial charge in [0.05, 0.1) is 6.10 Å². The molecule has 4 aliphatic rings. The van der Waals surface area contributed by atoms with Crippen LogP contribution < -0.4 is 0 Å². The maximum Gasteiger partial charge on any atom is 0.0577 e. The summed E-state index contributed by atoms with van der Waals surface area (Å²) in [4.78, 5) is 0. The predicted molar refractivity (Wildman–Crippen MR) is 105 cm³/mol. The van der Waals surface area contributed by atoms with Crippen LogP contribution in [0.2, 0.25) is 0 Å². The van der Waals surface area contributed by atoms with Crippen molar-refractivity contribution in [2.45, 2.75) is 91.1 Å². The van der Waals surface area contributed by atoms with Crippen LogP contribution in [-0.2, 0) is 0 Å². The number of rotatable bonds is 3. The van der Waals surface area contributed by atoms with Gasteiger partial charge in [0, 0.05) is 0 Å². The standard InChI is InChI=1S/C24H38O/c1-4-5-6-7-17-9-11-21-20-10-8-18-16-19(25)12-14-24(18,3)22(20)13-15-23(17,21)2/h5-6,8,17,19-22,25H,4,7,9-16H2,1-3H3. The van der Waals surface area contributed by atoms with E-state index in [1.807, 2.05) is 0 Å². The van der Waals surface area contributed by atoms with Crippen LogP contribution in [0.15, 0.2) is 23.8 Å². The minimum atomic E-state index is -0.0778. The molecule has 7 unspecified atom stereocenters. The van der Waals surface area contributed by atoms with Crippen molar-refractivity contribution >= 4 is 0 Å². The molecule has 25 heavy (non-hydrogen) atoms. The predicted octanol–water partition coefficient (Wildman–Crippen LogP) is 6.28. The van der Waals surface area contributed by atoms with Crippen molar-refractivity contribution < 1.29 is 5.11 Å². The summed E-state index contributed by atoms with van der Waals surface area (Å²) in [5, 5.41) is 10.1. The van der Waals surface area contributed by atoms with Gasteiger partial charge < -0.3 is 5.11 Å². The molecule has 3 saturated carbocycles. The van der Waals surface area contributed by atoms with Crippen LogP contribution in [0, 0.1) is 34.5 Å². The molecule has 0 spiro atoms. The Labute approximate surface area is 155 Å². The van der Waals surface area contributed by atoms with Crippen molar-refractivity contribution in [3.63, 3.8) is 0 Å². The average molecular weight is 343 g/mol. The summed E-state index contributed by atoms with van der Waals surface area (Å²) in [6, 6.07) is 0. The van der Waals surface area contributed by atoms with Gasteiger partial charge in [-0.15, -0.1) is 0 Å². The second kappa shape index (κ2) is 6.55. The van der Waals surface area contributed by atoms with Gasteiger partial charge in [-0.2, -0.15) is 0 Å². The van der Waals surface area contributed by atoms with E-state index in [-0.39, 0.29) is 6.10 Å². The Balaban J connectivity index is 1.57. The summed E-state index contributed by atoms with van der Waals surface area (Å²) >= 11 is 0. The Bertz CT molecular complexity index is 560. The highest BCUT2D eigenvalue weighted by molar-refractivity contribution is 5.25. The van der Waals surface area contributed by atoms with E-state index in [9.17, 15) is 5.11 Å². The molecule has 140 valence electrons. The molecule has 1 heteroatoms. The zero-order valence-electron chi connectivity index (χ0n) is 16.6. The molecule has 0 aromatic carbocycles. The molecule has 0 saturated heterocycles. The number of hydrogen-bond acceptors (Lipinski definition) is 1. The minimum absolute atomic E-state index is 0.0778. The summed E-state index contributed by atoms with van der Waals surface area (Å²) < 4.78 is 0. The molecule has 7 atom stereocenters. The molecule has 3 fully saturated rings. The molecule has 0 heterocycles. The molecule has 0 radical (unpaired) electrons. The fourth-order valence-electron chi connectivity index (χ4n) is 7.56. The van der Waals surface area contributed by atoms with Crippen molar-refractivity contribution in [3.05, 3.63) is 23.8 Å². The van der Waals surface area contributed by atoms with Gasteiger partial charge in [-0.25, -0.2) is 0 Å². The van der Waals surface area contributed by atoms with Gasteiger partial charge in [0.2, 0.25) is 0 Å². The highest BCUT2D eigenvalue weighted by Gasteiger charge is 2.58. The Kier molecular flexibility index (Phi) is 4.67. The highest BCUT2D eigenvalue weighted by Crippen LogP contribution is 2.66. The number of aliphatic hydroxyl groups is 1. The van der Waals surface area contributed by atoms with E-state index >= 15 is 0 Å². The van der Waals surface area contributed by atoms with Crippen LogP contribution in [-0.4, -0.2) is 11.2 Å². The SMILES string of the molecule is CCC=CCC1CCC2C3CC=C4CC(O)CCC4(C)C3CCC12C. The molecule has 4 rings (SSSR count). The van der Waals surface area contributed by atoms with Crippen LogP contribution >= 0.6 is 0 Å². The summed E-state index contributed by atoms with van der Waals surface area (Å²) in [6.45, 7) is 7.42. The third kappa shape index (κ3) is 2.76. The van der Waals surface area contributed by atoms with Gasteiger partial charge >= 0.3 is 0 Å². The van der Waals surface area contributed by atoms with Crippen molar-refractivity contribution in [3.8, 4) is 0 Å². The summed E-state index contributed by atoms with van der Waals surface area (Å²) in [7, 11) is 0. The van der Waals surface area contributed by atoms with E-state index in [1.54, 1.807) is 5.57 Å². The van der Waals surface area contributed by atoms with Crippen LogP contribution in [0.5, 0.6) is 0 Å². The van der Waals surface area contributed by atoms with Gasteiger partial charge in [-0.3, -0.25) is 0 Å². The number of aliphatic hydroxyl groups excluding tert-OH is 1. The van der Waals surface area contributed by atoms with E-state index in [0.717, 1.165) is 36.5 Å². The second-order valence-electron chi connectivity index (χ2n) is 10.1. The first-order valence-electron chi connectivity index (χ1n) is 11.0. The molecule has 1 N–H and O–H groups in total.